The Kier molecular flexibility index (Phi) is 4.10. The zero-order valence-corrected chi connectivity index (χ0v) is 9.16. The molecule has 16 heavy (non-hydrogen) atoms. The van der Waals surface area contributed by atoms with Crippen molar-refractivity contribution in [1.29, 1.82) is 0 Å². The van der Waals surface area contributed by atoms with Gasteiger partial charge in [0.25, 0.3) is 0 Å². The maximum atomic E-state index is 12.9. The molecule has 0 aliphatic rings. The van der Waals surface area contributed by atoms with Crippen molar-refractivity contribution in [1.82, 2.24) is 0 Å². The van der Waals surface area contributed by atoms with Crippen LogP contribution in [0.3, 0.4) is 0 Å². The molecule has 0 bridgehead atoms. The van der Waals surface area contributed by atoms with E-state index in [1.807, 2.05) is 0 Å². The molecule has 1 aromatic rings. The van der Waals surface area contributed by atoms with Crippen molar-refractivity contribution in [2.24, 2.45) is 0 Å². The van der Waals surface area contributed by atoms with E-state index in [-0.39, 0.29) is 0 Å². The number of benzene rings is 1. The molecule has 1 unspecified atom stereocenters. The monoisotopic (exact) mass is 227 g/mol. The Hall–Kier alpha value is -1.78. The van der Waals surface area contributed by atoms with E-state index in [2.05, 4.69) is 5.32 Å². The molecular formula is C11H14FNO3. The SMILES string of the molecule is CCC(Nc1ccc(F)cc1OC)C(=O)O. The van der Waals surface area contributed by atoms with Crippen LogP contribution in [0.2, 0.25) is 0 Å². The molecule has 5 heteroatoms. The highest BCUT2D eigenvalue weighted by molar-refractivity contribution is 5.78. The number of hydrogen-bond acceptors (Lipinski definition) is 3. The number of halogens is 1. The molecule has 0 saturated carbocycles. The normalized spacial score (nSPS) is 11.9. The number of hydrogen-bond donors (Lipinski definition) is 2. The second-order valence-corrected chi connectivity index (χ2v) is 3.29. The van der Waals surface area contributed by atoms with Gasteiger partial charge in [0.1, 0.15) is 17.6 Å². The van der Waals surface area contributed by atoms with Crippen LogP contribution in [0.4, 0.5) is 10.1 Å². The van der Waals surface area contributed by atoms with Crippen LogP contribution in [0.1, 0.15) is 13.3 Å². The summed E-state index contributed by atoms with van der Waals surface area (Å²) in [5.41, 5.74) is 0.471. The third kappa shape index (κ3) is 2.85. The Morgan fingerprint density at radius 1 is 1.62 bits per heavy atom. The lowest BCUT2D eigenvalue weighted by Crippen LogP contribution is -2.28. The van der Waals surface area contributed by atoms with Crippen molar-refractivity contribution >= 4 is 11.7 Å². The summed E-state index contributed by atoms with van der Waals surface area (Å²) in [5.74, 6) is -1.08. The summed E-state index contributed by atoms with van der Waals surface area (Å²) in [5, 5.41) is 11.7. The second-order valence-electron chi connectivity index (χ2n) is 3.29. The van der Waals surface area contributed by atoms with E-state index in [9.17, 15) is 9.18 Å². The van der Waals surface area contributed by atoms with Crippen molar-refractivity contribution in [2.75, 3.05) is 12.4 Å². The number of carbonyl (C=O) groups is 1. The third-order valence-electron chi connectivity index (χ3n) is 2.20. The first-order valence-electron chi connectivity index (χ1n) is 4.91. The Labute approximate surface area is 93.0 Å². The predicted molar refractivity (Wildman–Crippen MR) is 58.3 cm³/mol. The molecule has 0 aromatic heterocycles. The molecule has 0 fully saturated rings. The number of ether oxygens (including phenoxy) is 1. The van der Waals surface area contributed by atoms with Gasteiger partial charge in [0.05, 0.1) is 12.8 Å². The minimum absolute atomic E-state index is 0.291. The maximum Gasteiger partial charge on any atom is 0.326 e. The molecule has 0 radical (unpaired) electrons. The Bertz CT molecular complexity index is 381. The smallest absolute Gasteiger partial charge is 0.326 e. The van der Waals surface area contributed by atoms with Crippen LogP contribution in [0.25, 0.3) is 0 Å². The first-order chi connectivity index (χ1) is 7.58. The van der Waals surface area contributed by atoms with Crippen molar-refractivity contribution in [3.05, 3.63) is 24.0 Å². The van der Waals surface area contributed by atoms with Gasteiger partial charge in [-0.25, -0.2) is 9.18 Å². The van der Waals surface area contributed by atoms with Crippen LogP contribution >= 0.6 is 0 Å². The fourth-order valence-electron chi connectivity index (χ4n) is 1.31. The number of nitrogens with one attached hydrogen (secondary N) is 1. The van der Waals surface area contributed by atoms with Crippen molar-refractivity contribution in [3.63, 3.8) is 0 Å². The maximum absolute atomic E-state index is 12.9. The van der Waals surface area contributed by atoms with E-state index in [0.29, 0.717) is 17.9 Å². The Morgan fingerprint density at radius 3 is 2.81 bits per heavy atom. The fraction of sp³-hybridized carbons (Fsp3) is 0.364. The topological polar surface area (TPSA) is 58.6 Å². The molecule has 0 heterocycles. The molecule has 0 spiro atoms. The highest BCUT2D eigenvalue weighted by Crippen LogP contribution is 2.25. The predicted octanol–water partition coefficient (Wildman–Crippen LogP) is 2.11. The van der Waals surface area contributed by atoms with Crippen molar-refractivity contribution in [2.45, 2.75) is 19.4 Å². The Balaban J connectivity index is 2.91. The van der Waals surface area contributed by atoms with Crippen LogP contribution in [0.5, 0.6) is 5.75 Å². The molecule has 0 aliphatic heterocycles. The van der Waals surface area contributed by atoms with Gasteiger partial charge in [0.15, 0.2) is 0 Å². The first kappa shape index (κ1) is 12.3. The van der Waals surface area contributed by atoms with Crippen LogP contribution in [-0.4, -0.2) is 24.2 Å². The van der Waals surface area contributed by atoms with Gasteiger partial charge in [-0.3, -0.25) is 0 Å². The minimum atomic E-state index is -0.950. The lowest BCUT2D eigenvalue weighted by molar-refractivity contribution is -0.137. The highest BCUT2D eigenvalue weighted by Gasteiger charge is 2.16. The molecule has 1 aromatic carbocycles. The first-order valence-corrected chi connectivity index (χ1v) is 4.91. The van der Waals surface area contributed by atoms with E-state index >= 15 is 0 Å². The van der Waals surface area contributed by atoms with Gasteiger partial charge < -0.3 is 15.2 Å². The lowest BCUT2D eigenvalue weighted by Gasteiger charge is -2.16. The van der Waals surface area contributed by atoms with Crippen molar-refractivity contribution < 1.29 is 19.0 Å². The lowest BCUT2D eigenvalue weighted by atomic mass is 10.2. The molecule has 0 saturated heterocycles. The summed E-state index contributed by atoms with van der Waals surface area (Å²) in [6.07, 6.45) is 0.426. The summed E-state index contributed by atoms with van der Waals surface area (Å²) in [6, 6.07) is 3.20. The molecule has 4 nitrogen and oxygen atoms in total. The largest absolute Gasteiger partial charge is 0.494 e. The van der Waals surface area contributed by atoms with Crippen LogP contribution in [0, 0.1) is 5.82 Å². The van der Waals surface area contributed by atoms with Gasteiger partial charge in [-0.1, -0.05) is 6.92 Å². The van der Waals surface area contributed by atoms with Gasteiger partial charge in [-0.2, -0.15) is 0 Å². The number of methoxy groups -OCH3 is 1. The standard InChI is InChI=1S/C11H14FNO3/c1-3-8(11(14)15)13-9-5-4-7(12)6-10(9)16-2/h4-6,8,13H,3H2,1-2H3,(H,14,15). The van der Waals surface area contributed by atoms with Gasteiger partial charge in [0, 0.05) is 6.07 Å². The summed E-state index contributed by atoms with van der Waals surface area (Å²) >= 11 is 0. The molecule has 0 amide bonds. The highest BCUT2D eigenvalue weighted by atomic mass is 19.1. The van der Waals surface area contributed by atoms with E-state index in [0.717, 1.165) is 0 Å². The summed E-state index contributed by atoms with van der Waals surface area (Å²) < 4.78 is 17.8. The number of rotatable bonds is 5. The number of aliphatic carboxylic acids is 1. The summed E-state index contributed by atoms with van der Waals surface area (Å²) in [6.45, 7) is 1.75. The van der Waals surface area contributed by atoms with Crippen molar-refractivity contribution in [3.8, 4) is 5.75 Å². The molecule has 0 aliphatic carbocycles. The summed E-state index contributed by atoms with van der Waals surface area (Å²) in [4.78, 5) is 10.8. The Morgan fingerprint density at radius 2 is 2.31 bits per heavy atom. The molecule has 88 valence electrons. The molecular weight excluding hydrogens is 213 g/mol. The van der Waals surface area contributed by atoms with Crippen LogP contribution in [-0.2, 0) is 4.79 Å². The van der Waals surface area contributed by atoms with Gasteiger partial charge in [0.2, 0.25) is 0 Å². The quantitative estimate of drug-likeness (QED) is 0.808. The van der Waals surface area contributed by atoms with E-state index in [1.165, 1.54) is 25.3 Å². The number of carboxylic acid groups (broad SMARTS) is 1. The average Bonchev–Trinajstić information content (AvgIpc) is 2.26. The molecule has 1 atom stereocenters. The minimum Gasteiger partial charge on any atom is -0.494 e. The van der Waals surface area contributed by atoms with E-state index in [1.54, 1.807) is 6.92 Å². The van der Waals surface area contributed by atoms with Gasteiger partial charge in [-0.15, -0.1) is 0 Å². The van der Waals surface area contributed by atoms with Gasteiger partial charge in [-0.05, 0) is 18.6 Å². The van der Waals surface area contributed by atoms with Crippen LogP contribution < -0.4 is 10.1 Å². The average molecular weight is 227 g/mol. The molecule has 2 N–H and O–H groups in total. The third-order valence-corrected chi connectivity index (χ3v) is 2.20. The zero-order chi connectivity index (χ0) is 12.1. The zero-order valence-electron chi connectivity index (χ0n) is 9.16. The van der Waals surface area contributed by atoms with Crippen LogP contribution in [0.15, 0.2) is 18.2 Å². The second kappa shape index (κ2) is 5.34. The molecule has 1 rings (SSSR count). The number of carboxylic acids is 1. The summed E-state index contributed by atoms with van der Waals surface area (Å²) in [7, 11) is 1.40. The fourth-order valence-corrected chi connectivity index (χ4v) is 1.31. The van der Waals surface area contributed by atoms with Gasteiger partial charge >= 0.3 is 5.97 Å². The number of anilines is 1. The van der Waals surface area contributed by atoms with E-state index < -0.39 is 17.8 Å². The van der Waals surface area contributed by atoms with E-state index in [4.69, 9.17) is 9.84 Å².